The van der Waals surface area contributed by atoms with Gasteiger partial charge in [0.1, 0.15) is 11.6 Å². The lowest BCUT2D eigenvalue weighted by Crippen LogP contribution is -2.29. The second-order valence-corrected chi connectivity index (χ2v) is 5.82. The zero-order chi connectivity index (χ0) is 16.7. The predicted molar refractivity (Wildman–Crippen MR) is 89.2 cm³/mol. The van der Waals surface area contributed by atoms with Crippen molar-refractivity contribution in [3.05, 3.63) is 61.8 Å². The molecule has 2 aromatic rings. The number of hydrogen-bond donors (Lipinski definition) is 4. The maximum Gasteiger partial charge on any atom is 0.257 e. The third kappa shape index (κ3) is 2.49. The number of carbonyl (C=O) groups excluding carboxylic acids is 1. The Morgan fingerprint density at radius 1 is 1.26 bits per heavy atom. The molecule has 2 heterocycles. The summed E-state index contributed by atoms with van der Waals surface area (Å²) in [5.41, 5.74) is 1.49. The van der Waals surface area contributed by atoms with Crippen LogP contribution in [-0.2, 0) is 4.79 Å². The number of fused-ring (bicyclic) bond motifs is 1. The fraction of sp³-hybridized carbons (Fsp3) is 0.188. The van der Waals surface area contributed by atoms with E-state index < -0.39 is 11.5 Å². The van der Waals surface area contributed by atoms with E-state index in [0.717, 1.165) is 0 Å². The monoisotopic (exact) mass is 329 g/mol. The van der Waals surface area contributed by atoms with Crippen LogP contribution < -0.4 is 10.9 Å². The van der Waals surface area contributed by atoms with Gasteiger partial charge in [-0.05, 0) is 32.1 Å². The van der Waals surface area contributed by atoms with Gasteiger partial charge < -0.3 is 15.4 Å². The van der Waals surface area contributed by atoms with Gasteiger partial charge in [0.05, 0.1) is 11.5 Å². The molecule has 0 amide bonds. The molecule has 1 aromatic heterocycles. The number of aromatic nitrogens is 2. The van der Waals surface area contributed by atoms with Crippen LogP contribution >= 0.6 is 12.2 Å². The topological polar surface area (TPSA) is 98.0 Å². The lowest BCUT2D eigenvalue weighted by molar-refractivity contribution is -0.113. The Kier molecular flexibility index (Phi) is 3.65. The van der Waals surface area contributed by atoms with Crippen molar-refractivity contribution < 1.29 is 9.90 Å². The number of phenolic OH excluding ortho intramolecular Hbond substituents is 1. The number of benzene rings is 1. The van der Waals surface area contributed by atoms with E-state index in [0.29, 0.717) is 28.2 Å². The number of para-hydroxylation sites is 1. The molecule has 6 nitrogen and oxygen atoms in total. The van der Waals surface area contributed by atoms with Gasteiger partial charge in [-0.15, -0.1) is 0 Å². The first kappa shape index (κ1) is 15.2. The number of allylic oxidation sites excluding steroid dienone is 2. The number of anilines is 1. The second-order valence-electron chi connectivity index (χ2n) is 5.41. The van der Waals surface area contributed by atoms with Crippen LogP contribution in [0.25, 0.3) is 0 Å². The number of carbonyl (C=O) groups is 1. The number of phenols is 1. The van der Waals surface area contributed by atoms with Crippen LogP contribution in [0, 0.1) is 4.77 Å². The fourth-order valence-electron chi connectivity index (χ4n) is 3.00. The van der Waals surface area contributed by atoms with Crippen LogP contribution in [0.15, 0.2) is 40.3 Å². The predicted octanol–water partition coefficient (Wildman–Crippen LogP) is 2.56. The minimum absolute atomic E-state index is 0.0266. The highest BCUT2D eigenvalue weighted by Gasteiger charge is 2.34. The summed E-state index contributed by atoms with van der Waals surface area (Å²) in [5.74, 6) is -0.371. The molecule has 0 spiro atoms. The Hall–Kier alpha value is -2.67. The van der Waals surface area contributed by atoms with Crippen LogP contribution in [0.1, 0.15) is 30.9 Å². The largest absolute Gasteiger partial charge is 0.508 e. The standard InChI is InChI=1S/C16H15N3O3S/c1-7-11(8(2)20)12(9-5-3-4-6-10(9)21)13-14(17-7)18-16(23)19-15(13)22/h3-6,12,21H,1-2H3,(H3,17,18,19,22,23)/t12-/m0/s1. The first-order valence-corrected chi connectivity index (χ1v) is 7.44. The van der Waals surface area contributed by atoms with Crippen LogP contribution in [0.4, 0.5) is 5.82 Å². The number of aromatic amines is 2. The van der Waals surface area contributed by atoms with Gasteiger partial charge in [-0.1, -0.05) is 18.2 Å². The second kappa shape index (κ2) is 5.51. The van der Waals surface area contributed by atoms with Crippen molar-refractivity contribution in [1.29, 1.82) is 0 Å². The fourth-order valence-corrected chi connectivity index (χ4v) is 3.19. The molecule has 0 bridgehead atoms. The van der Waals surface area contributed by atoms with Crippen LogP contribution in [0.3, 0.4) is 0 Å². The summed E-state index contributed by atoms with van der Waals surface area (Å²) in [4.78, 5) is 30.1. The molecule has 23 heavy (non-hydrogen) atoms. The van der Waals surface area contributed by atoms with Crippen LogP contribution in [0.5, 0.6) is 5.75 Å². The Labute approximate surface area is 136 Å². The summed E-state index contributed by atoms with van der Waals surface area (Å²) < 4.78 is 0.191. The number of aromatic hydroxyl groups is 1. The molecule has 0 fully saturated rings. The van der Waals surface area contributed by atoms with Crippen molar-refractivity contribution >= 4 is 23.8 Å². The van der Waals surface area contributed by atoms with E-state index in [1.54, 1.807) is 25.1 Å². The molecule has 1 aliphatic heterocycles. The number of H-pyrrole nitrogens is 2. The Bertz CT molecular complexity index is 956. The molecule has 118 valence electrons. The Morgan fingerprint density at radius 3 is 2.61 bits per heavy atom. The molecular formula is C16H15N3O3S. The molecule has 0 saturated heterocycles. The van der Waals surface area contributed by atoms with Gasteiger partial charge in [0.25, 0.3) is 5.56 Å². The van der Waals surface area contributed by atoms with Crippen molar-refractivity contribution in [1.82, 2.24) is 9.97 Å². The van der Waals surface area contributed by atoms with Crippen LogP contribution in [-0.4, -0.2) is 20.9 Å². The SMILES string of the molecule is CC(=O)C1=C(C)Nc2[nH]c(=S)[nH]c(=O)c2[C@H]1c1ccccc1O. The van der Waals surface area contributed by atoms with E-state index >= 15 is 0 Å². The Balaban J connectivity index is 2.39. The van der Waals surface area contributed by atoms with Gasteiger partial charge in [-0.2, -0.15) is 0 Å². The zero-order valence-corrected chi connectivity index (χ0v) is 13.4. The van der Waals surface area contributed by atoms with Gasteiger partial charge in [0.2, 0.25) is 0 Å². The smallest absolute Gasteiger partial charge is 0.257 e. The summed E-state index contributed by atoms with van der Waals surface area (Å²) in [5, 5.41) is 13.2. The highest BCUT2D eigenvalue weighted by atomic mass is 32.1. The van der Waals surface area contributed by atoms with Gasteiger partial charge >= 0.3 is 0 Å². The molecule has 0 saturated carbocycles. The van der Waals surface area contributed by atoms with Gasteiger partial charge in [-0.25, -0.2) is 0 Å². The molecule has 7 heteroatoms. The van der Waals surface area contributed by atoms with Gasteiger partial charge in [-0.3, -0.25) is 14.6 Å². The minimum Gasteiger partial charge on any atom is -0.508 e. The lowest BCUT2D eigenvalue weighted by Gasteiger charge is -2.29. The Morgan fingerprint density at radius 2 is 1.96 bits per heavy atom. The number of rotatable bonds is 2. The normalized spacial score (nSPS) is 16.7. The van der Waals surface area contributed by atoms with E-state index in [4.69, 9.17) is 12.2 Å². The highest BCUT2D eigenvalue weighted by molar-refractivity contribution is 7.71. The van der Waals surface area contributed by atoms with Crippen molar-refractivity contribution in [3.63, 3.8) is 0 Å². The molecule has 0 unspecified atom stereocenters. The number of nitrogens with one attached hydrogen (secondary N) is 3. The third-order valence-corrected chi connectivity index (χ3v) is 4.10. The van der Waals surface area contributed by atoms with E-state index in [-0.39, 0.29) is 16.3 Å². The summed E-state index contributed by atoms with van der Waals surface area (Å²) in [7, 11) is 0. The van der Waals surface area contributed by atoms with Gasteiger partial charge in [0, 0.05) is 16.8 Å². The van der Waals surface area contributed by atoms with E-state index in [9.17, 15) is 14.7 Å². The van der Waals surface area contributed by atoms with Crippen LogP contribution in [0.2, 0.25) is 0 Å². The zero-order valence-electron chi connectivity index (χ0n) is 12.6. The third-order valence-electron chi connectivity index (χ3n) is 3.90. The molecule has 1 aromatic carbocycles. The quantitative estimate of drug-likeness (QED) is 0.635. The van der Waals surface area contributed by atoms with E-state index in [1.807, 2.05) is 0 Å². The minimum atomic E-state index is -0.666. The molecule has 0 aliphatic carbocycles. The average molecular weight is 329 g/mol. The molecular weight excluding hydrogens is 314 g/mol. The maximum absolute atomic E-state index is 12.5. The van der Waals surface area contributed by atoms with Crippen molar-refractivity contribution in [2.45, 2.75) is 19.8 Å². The van der Waals surface area contributed by atoms with E-state index in [2.05, 4.69) is 15.3 Å². The van der Waals surface area contributed by atoms with Crippen molar-refractivity contribution in [2.75, 3.05) is 5.32 Å². The molecule has 1 aliphatic rings. The summed E-state index contributed by atoms with van der Waals surface area (Å²) in [6.45, 7) is 3.20. The van der Waals surface area contributed by atoms with Gasteiger partial charge in [0.15, 0.2) is 10.6 Å². The molecule has 3 rings (SSSR count). The lowest BCUT2D eigenvalue weighted by atomic mass is 9.80. The van der Waals surface area contributed by atoms with Crippen molar-refractivity contribution in [3.8, 4) is 5.75 Å². The average Bonchev–Trinajstić information content (AvgIpc) is 2.45. The number of ketones is 1. The summed E-state index contributed by atoms with van der Waals surface area (Å²) in [6, 6.07) is 6.67. The molecule has 1 atom stereocenters. The summed E-state index contributed by atoms with van der Waals surface area (Å²) >= 11 is 5.00. The molecule has 0 radical (unpaired) electrons. The maximum atomic E-state index is 12.5. The van der Waals surface area contributed by atoms with E-state index in [1.165, 1.54) is 13.0 Å². The first-order chi connectivity index (χ1) is 10.9. The first-order valence-electron chi connectivity index (χ1n) is 7.03. The van der Waals surface area contributed by atoms with Crippen molar-refractivity contribution in [2.24, 2.45) is 0 Å². The highest BCUT2D eigenvalue weighted by Crippen LogP contribution is 2.42. The summed E-state index contributed by atoms with van der Waals surface area (Å²) in [6.07, 6.45) is 0. The molecule has 4 N–H and O–H groups in total. The number of Topliss-reactive ketones (excluding diaryl/α,β-unsaturated/α-hetero) is 1. The number of hydrogen-bond acceptors (Lipinski definition) is 5.